The molecule has 0 fully saturated rings. The fraction of sp³-hybridized carbons (Fsp3) is 0.750. The second-order valence-electron chi connectivity index (χ2n) is 3.48. The van der Waals surface area contributed by atoms with Gasteiger partial charge in [0.25, 0.3) is 0 Å². The number of hydrogen-bond donors (Lipinski definition) is 2. The van der Waals surface area contributed by atoms with Crippen molar-refractivity contribution in [1.29, 1.82) is 5.26 Å². The Balaban J connectivity index is 3.85. The zero-order valence-corrected chi connectivity index (χ0v) is 7.37. The summed E-state index contributed by atoms with van der Waals surface area (Å²) < 4.78 is 0. The molecule has 0 heterocycles. The molecule has 1 unspecified atom stereocenters. The van der Waals surface area contributed by atoms with Crippen LogP contribution in [-0.4, -0.2) is 17.1 Å². The van der Waals surface area contributed by atoms with Crippen LogP contribution in [0.1, 0.15) is 26.7 Å². The highest BCUT2D eigenvalue weighted by atomic mass is 16.4. The van der Waals surface area contributed by atoms with Crippen LogP contribution in [0.25, 0.3) is 0 Å². The Morgan fingerprint density at radius 2 is 2.25 bits per heavy atom. The van der Waals surface area contributed by atoms with E-state index in [9.17, 15) is 4.79 Å². The number of aliphatic carboxylic acids is 1. The fourth-order valence-electron chi connectivity index (χ4n) is 0.696. The topological polar surface area (TPSA) is 87.1 Å². The molecule has 4 heteroatoms. The number of hydrogen-bond acceptors (Lipinski definition) is 3. The third kappa shape index (κ3) is 3.94. The molecule has 0 aliphatic rings. The zero-order chi connectivity index (χ0) is 9.78. The van der Waals surface area contributed by atoms with Crippen LogP contribution in [0.2, 0.25) is 0 Å². The molecule has 0 aromatic rings. The third-order valence-corrected chi connectivity index (χ3v) is 1.70. The molecule has 0 aliphatic carbocycles. The number of nitrogens with zero attached hydrogens (tertiary/aromatic N) is 1. The molecule has 4 nitrogen and oxygen atoms in total. The first-order valence-electron chi connectivity index (χ1n) is 3.79. The summed E-state index contributed by atoms with van der Waals surface area (Å²) in [6.07, 6.45) is 0.854. The number of carboxylic acids is 1. The highest BCUT2D eigenvalue weighted by molar-refractivity contribution is 5.72. The lowest BCUT2D eigenvalue weighted by atomic mass is 9.88. The number of nitriles is 1. The Morgan fingerprint density at radius 1 is 1.75 bits per heavy atom. The molecule has 0 spiro atoms. The van der Waals surface area contributed by atoms with Crippen LogP contribution < -0.4 is 5.73 Å². The molecule has 0 saturated carbocycles. The van der Waals surface area contributed by atoms with E-state index in [1.807, 2.05) is 0 Å². The van der Waals surface area contributed by atoms with E-state index in [1.165, 1.54) is 0 Å². The molecule has 0 radical (unpaired) electrons. The monoisotopic (exact) mass is 170 g/mol. The van der Waals surface area contributed by atoms with Gasteiger partial charge in [0, 0.05) is 0 Å². The molecule has 0 bridgehead atoms. The Bertz CT molecular complexity index is 206. The Kier molecular flexibility index (Phi) is 3.71. The summed E-state index contributed by atoms with van der Waals surface area (Å²) in [7, 11) is 0. The summed E-state index contributed by atoms with van der Waals surface area (Å²) in [4.78, 5) is 10.3. The van der Waals surface area contributed by atoms with Crippen LogP contribution in [0.5, 0.6) is 0 Å². The summed E-state index contributed by atoms with van der Waals surface area (Å²) in [5.41, 5.74) is 4.79. The van der Waals surface area contributed by atoms with Gasteiger partial charge in [-0.3, -0.25) is 4.79 Å². The van der Waals surface area contributed by atoms with Crippen molar-refractivity contribution < 1.29 is 9.90 Å². The maximum Gasteiger partial charge on any atom is 0.320 e. The van der Waals surface area contributed by atoms with Crippen molar-refractivity contribution in [3.05, 3.63) is 0 Å². The van der Waals surface area contributed by atoms with E-state index in [1.54, 1.807) is 13.8 Å². The quantitative estimate of drug-likeness (QED) is 0.651. The fourth-order valence-corrected chi connectivity index (χ4v) is 0.696. The van der Waals surface area contributed by atoms with Crippen molar-refractivity contribution in [3.63, 3.8) is 0 Å². The van der Waals surface area contributed by atoms with Crippen LogP contribution >= 0.6 is 0 Å². The number of carbonyl (C=O) groups is 1. The van der Waals surface area contributed by atoms with E-state index in [4.69, 9.17) is 16.1 Å². The minimum atomic E-state index is -1.01. The lowest BCUT2D eigenvalue weighted by molar-refractivity contribution is -0.138. The minimum Gasteiger partial charge on any atom is -0.480 e. The van der Waals surface area contributed by atoms with Crippen LogP contribution in [0.3, 0.4) is 0 Å². The average Bonchev–Trinajstić information content (AvgIpc) is 2.00. The molecule has 0 saturated heterocycles. The van der Waals surface area contributed by atoms with Gasteiger partial charge < -0.3 is 10.8 Å². The van der Waals surface area contributed by atoms with Gasteiger partial charge in [-0.05, 0) is 26.7 Å². The van der Waals surface area contributed by atoms with E-state index in [-0.39, 0.29) is 0 Å². The van der Waals surface area contributed by atoms with Gasteiger partial charge in [-0.25, -0.2) is 0 Å². The van der Waals surface area contributed by atoms with Gasteiger partial charge in [0.2, 0.25) is 0 Å². The first-order valence-corrected chi connectivity index (χ1v) is 3.79. The highest BCUT2D eigenvalue weighted by Gasteiger charge is 2.20. The van der Waals surface area contributed by atoms with Crippen molar-refractivity contribution in [2.75, 3.05) is 0 Å². The van der Waals surface area contributed by atoms with Crippen LogP contribution in [0.15, 0.2) is 0 Å². The summed E-state index contributed by atoms with van der Waals surface area (Å²) in [5, 5.41) is 17.1. The van der Waals surface area contributed by atoms with Crippen LogP contribution in [0.4, 0.5) is 0 Å². The van der Waals surface area contributed by atoms with Gasteiger partial charge in [-0.15, -0.1) is 0 Å². The van der Waals surface area contributed by atoms with E-state index in [0.29, 0.717) is 12.8 Å². The normalized spacial score (nSPS) is 13.5. The largest absolute Gasteiger partial charge is 0.480 e. The molecular formula is C8H14N2O2. The molecule has 0 aromatic carbocycles. The first-order chi connectivity index (χ1) is 5.39. The molecule has 0 amide bonds. The number of carboxylic acid groups (broad SMARTS) is 1. The second kappa shape index (κ2) is 4.07. The second-order valence-corrected chi connectivity index (χ2v) is 3.48. The molecule has 0 aromatic heterocycles. The lowest BCUT2D eigenvalue weighted by Gasteiger charge is -2.15. The molecule has 1 atom stereocenters. The van der Waals surface area contributed by atoms with Gasteiger partial charge in [0.1, 0.15) is 6.04 Å². The van der Waals surface area contributed by atoms with E-state index < -0.39 is 17.4 Å². The average molecular weight is 170 g/mol. The molecular weight excluding hydrogens is 156 g/mol. The van der Waals surface area contributed by atoms with Gasteiger partial charge >= 0.3 is 5.97 Å². The van der Waals surface area contributed by atoms with E-state index in [0.717, 1.165) is 0 Å². The first kappa shape index (κ1) is 10.9. The maximum absolute atomic E-state index is 10.3. The standard InChI is InChI=1S/C8H14N2O2/c1-8(2,5-9)4-3-6(10)7(11)12/h6H,3-4,10H2,1-2H3,(H,11,12). The Hall–Kier alpha value is -1.08. The summed E-state index contributed by atoms with van der Waals surface area (Å²) in [6.45, 7) is 3.53. The Morgan fingerprint density at radius 3 is 2.58 bits per heavy atom. The maximum atomic E-state index is 10.3. The molecule has 68 valence electrons. The predicted molar refractivity (Wildman–Crippen MR) is 44.2 cm³/mol. The molecule has 0 rings (SSSR count). The van der Waals surface area contributed by atoms with Gasteiger partial charge in [-0.2, -0.15) is 5.26 Å². The van der Waals surface area contributed by atoms with Crippen LogP contribution in [-0.2, 0) is 4.79 Å². The van der Waals surface area contributed by atoms with Crippen molar-refractivity contribution >= 4 is 5.97 Å². The van der Waals surface area contributed by atoms with Crippen molar-refractivity contribution in [3.8, 4) is 6.07 Å². The SMILES string of the molecule is CC(C)(C#N)CCC(N)C(=O)O. The van der Waals surface area contributed by atoms with Gasteiger partial charge in [-0.1, -0.05) is 0 Å². The smallest absolute Gasteiger partial charge is 0.320 e. The number of rotatable bonds is 4. The minimum absolute atomic E-state index is 0.343. The summed E-state index contributed by atoms with van der Waals surface area (Å²) >= 11 is 0. The highest BCUT2D eigenvalue weighted by Crippen LogP contribution is 2.21. The molecule has 12 heavy (non-hydrogen) atoms. The molecule has 3 N–H and O–H groups in total. The van der Waals surface area contributed by atoms with Crippen molar-refractivity contribution in [1.82, 2.24) is 0 Å². The summed E-state index contributed by atoms with van der Waals surface area (Å²) in [6, 6.07) is 1.24. The third-order valence-electron chi connectivity index (χ3n) is 1.70. The van der Waals surface area contributed by atoms with Crippen LogP contribution in [0, 0.1) is 16.7 Å². The van der Waals surface area contributed by atoms with Crippen molar-refractivity contribution in [2.45, 2.75) is 32.7 Å². The summed E-state index contributed by atoms with van der Waals surface area (Å²) in [5.74, 6) is -1.01. The van der Waals surface area contributed by atoms with Gasteiger partial charge in [0.15, 0.2) is 0 Å². The number of nitrogens with two attached hydrogens (primary N) is 1. The lowest BCUT2D eigenvalue weighted by Crippen LogP contribution is -2.31. The predicted octanol–water partition coefficient (Wildman–Crippen LogP) is 0.728. The van der Waals surface area contributed by atoms with E-state index >= 15 is 0 Å². The van der Waals surface area contributed by atoms with E-state index in [2.05, 4.69) is 6.07 Å². The van der Waals surface area contributed by atoms with Crippen molar-refractivity contribution in [2.24, 2.45) is 11.1 Å². The zero-order valence-electron chi connectivity index (χ0n) is 7.37. The Labute approximate surface area is 72.0 Å². The molecule has 0 aliphatic heterocycles. The van der Waals surface area contributed by atoms with Gasteiger partial charge in [0.05, 0.1) is 11.5 Å².